The van der Waals surface area contributed by atoms with Gasteiger partial charge in [0, 0.05) is 19.5 Å². The summed E-state index contributed by atoms with van der Waals surface area (Å²) in [6, 6.07) is 0. The maximum atomic E-state index is 10.6. The van der Waals surface area contributed by atoms with Crippen molar-refractivity contribution in [3.63, 3.8) is 0 Å². The van der Waals surface area contributed by atoms with Crippen molar-refractivity contribution in [2.75, 3.05) is 13.6 Å². The fourth-order valence-corrected chi connectivity index (χ4v) is 0.353. The molecule has 0 aromatic rings. The maximum absolute atomic E-state index is 10.6. The Morgan fingerprint density at radius 2 is 2.38 bits per heavy atom. The maximum Gasteiger partial charge on any atom is 0.223 e. The van der Waals surface area contributed by atoms with Crippen LogP contribution >= 0.6 is 0 Å². The summed E-state index contributed by atoms with van der Waals surface area (Å²) >= 11 is 0. The second-order valence-electron chi connectivity index (χ2n) is 1.75. The molecule has 3 nitrogen and oxygen atoms in total. The number of amides is 1. The van der Waals surface area contributed by atoms with Gasteiger partial charge in [0.2, 0.25) is 5.91 Å². The number of hydrogen-bond acceptors (Lipinski definition) is 2. The van der Waals surface area contributed by atoms with Gasteiger partial charge in [-0.3, -0.25) is 4.79 Å². The van der Waals surface area contributed by atoms with Crippen molar-refractivity contribution in [1.82, 2.24) is 5.32 Å². The van der Waals surface area contributed by atoms with Gasteiger partial charge in [0.15, 0.2) is 0 Å². The zero-order valence-electron chi connectivity index (χ0n) is 5.27. The van der Waals surface area contributed by atoms with E-state index in [1.54, 1.807) is 14.0 Å². The van der Waals surface area contributed by atoms with Gasteiger partial charge in [-0.1, -0.05) is 6.92 Å². The average Bonchev–Trinajstić information content (AvgIpc) is 1.84. The van der Waals surface area contributed by atoms with Gasteiger partial charge in [0.05, 0.1) is 0 Å². The Morgan fingerprint density at radius 1 is 1.88 bits per heavy atom. The summed E-state index contributed by atoms with van der Waals surface area (Å²) in [6.07, 6.45) is 0. The zero-order chi connectivity index (χ0) is 6.57. The van der Waals surface area contributed by atoms with Gasteiger partial charge in [-0.05, 0) is 0 Å². The lowest BCUT2D eigenvalue weighted by molar-refractivity contribution is -0.123. The lowest BCUT2D eigenvalue weighted by Crippen LogP contribution is -2.30. The molecule has 0 heterocycles. The van der Waals surface area contributed by atoms with Crippen LogP contribution in [0.3, 0.4) is 0 Å². The highest BCUT2D eigenvalue weighted by Crippen LogP contribution is 1.87. The standard InChI is InChI=1S/C5H12N2O/c1-4(3-6)5(8)7-2/h4H,3,6H2,1-2H3,(H,7,8)/t4-/m1/s1. The molecule has 0 saturated carbocycles. The normalized spacial score (nSPS) is 12.9. The van der Waals surface area contributed by atoms with E-state index in [0.717, 1.165) is 0 Å². The van der Waals surface area contributed by atoms with Crippen molar-refractivity contribution < 1.29 is 4.79 Å². The molecule has 0 bridgehead atoms. The van der Waals surface area contributed by atoms with Crippen molar-refractivity contribution >= 4 is 5.91 Å². The van der Waals surface area contributed by atoms with E-state index in [4.69, 9.17) is 5.73 Å². The summed E-state index contributed by atoms with van der Waals surface area (Å²) in [5, 5.41) is 2.50. The van der Waals surface area contributed by atoms with Crippen molar-refractivity contribution in [1.29, 1.82) is 0 Å². The molecule has 0 fully saturated rings. The van der Waals surface area contributed by atoms with Crippen LogP contribution in [0.1, 0.15) is 6.92 Å². The Labute approximate surface area is 49.3 Å². The predicted molar refractivity (Wildman–Crippen MR) is 32.3 cm³/mol. The Balaban J connectivity index is 3.46. The molecule has 0 aromatic carbocycles. The number of carbonyl (C=O) groups excluding carboxylic acids is 1. The van der Waals surface area contributed by atoms with Crippen LogP contribution in [0, 0.1) is 5.92 Å². The number of nitrogens with two attached hydrogens (primary N) is 1. The summed E-state index contributed by atoms with van der Waals surface area (Å²) in [4.78, 5) is 10.6. The molecule has 0 spiro atoms. The quantitative estimate of drug-likeness (QED) is 0.502. The van der Waals surface area contributed by atoms with Crippen molar-refractivity contribution in [2.45, 2.75) is 6.92 Å². The van der Waals surface area contributed by atoms with Crippen LogP contribution < -0.4 is 11.1 Å². The van der Waals surface area contributed by atoms with Crippen LogP contribution in [0.2, 0.25) is 0 Å². The largest absolute Gasteiger partial charge is 0.359 e. The number of nitrogens with one attached hydrogen (secondary N) is 1. The third-order valence-corrected chi connectivity index (χ3v) is 1.05. The first-order chi connectivity index (χ1) is 3.72. The average molecular weight is 116 g/mol. The molecule has 0 unspecified atom stereocenters. The van der Waals surface area contributed by atoms with E-state index in [9.17, 15) is 4.79 Å². The molecular weight excluding hydrogens is 104 g/mol. The first kappa shape index (κ1) is 7.43. The fraction of sp³-hybridized carbons (Fsp3) is 0.800. The van der Waals surface area contributed by atoms with Crippen LogP contribution in [0.25, 0.3) is 0 Å². The first-order valence-electron chi connectivity index (χ1n) is 2.64. The van der Waals surface area contributed by atoms with Gasteiger partial charge < -0.3 is 11.1 Å². The Bertz CT molecular complexity index is 82.5. The smallest absolute Gasteiger partial charge is 0.223 e. The minimum atomic E-state index is -0.0556. The Morgan fingerprint density at radius 3 is 2.50 bits per heavy atom. The van der Waals surface area contributed by atoms with E-state index in [-0.39, 0.29) is 11.8 Å². The summed E-state index contributed by atoms with van der Waals surface area (Å²) in [5.74, 6) is -0.0486. The molecule has 8 heavy (non-hydrogen) atoms. The number of rotatable bonds is 2. The monoisotopic (exact) mass is 116 g/mol. The Hall–Kier alpha value is -0.570. The minimum absolute atomic E-state index is 0.00694. The molecule has 0 aliphatic heterocycles. The number of hydrogen-bond donors (Lipinski definition) is 2. The predicted octanol–water partition coefficient (Wildman–Crippen LogP) is -0.673. The van der Waals surface area contributed by atoms with E-state index in [2.05, 4.69) is 5.32 Å². The molecule has 0 aliphatic carbocycles. The first-order valence-corrected chi connectivity index (χ1v) is 2.64. The zero-order valence-corrected chi connectivity index (χ0v) is 5.27. The van der Waals surface area contributed by atoms with Gasteiger partial charge in [0.1, 0.15) is 0 Å². The minimum Gasteiger partial charge on any atom is -0.359 e. The molecule has 0 aliphatic rings. The van der Waals surface area contributed by atoms with Crippen molar-refractivity contribution in [3.05, 3.63) is 0 Å². The lowest BCUT2D eigenvalue weighted by Gasteiger charge is -2.03. The van der Waals surface area contributed by atoms with Gasteiger partial charge in [-0.2, -0.15) is 0 Å². The third kappa shape index (κ3) is 1.93. The van der Waals surface area contributed by atoms with Crippen LogP contribution in [0.5, 0.6) is 0 Å². The van der Waals surface area contributed by atoms with Crippen LogP contribution in [-0.2, 0) is 4.79 Å². The fourth-order valence-electron chi connectivity index (χ4n) is 0.353. The third-order valence-electron chi connectivity index (χ3n) is 1.05. The van der Waals surface area contributed by atoms with Crippen molar-refractivity contribution in [3.8, 4) is 0 Å². The molecule has 1 amide bonds. The molecule has 0 radical (unpaired) electrons. The Kier molecular flexibility index (Phi) is 3.19. The highest BCUT2D eigenvalue weighted by atomic mass is 16.1. The second-order valence-corrected chi connectivity index (χ2v) is 1.75. The van der Waals surface area contributed by atoms with Crippen LogP contribution in [-0.4, -0.2) is 19.5 Å². The molecule has 0 saturated heterocycles. The summed E-state index contributed by atoms with van der Waals surface area (Å²) in [7, 11) is 1.61. The van der Waals surface area contributed by atoms with E-state index in [1.807, 2.05) is 0 Å². The topological polar surface area (TPSA) is 55.1 Å². The van der Waals surface area contributed by atoms with E-state index < -0.39 is 0 Å². The molecule has 0 rings (SSSR count). The summed E-state index contributed by atoms with van der Waals surface area (Å²) < 4.78 is 0. The molecule has 3 N–H and O–H groups in total. The van der Waals surface area contributed by atoms with Gasteiger partial charge in [-0.25, -0.2) is 0 Å². The SMILES string of the molecule is CNC(=O)[C@H](C)CN. The number of carbonyl (C=O) groups is 1. The highest BCUT2D eigenvalue weighted by Gasteiger charge is 2.05. The van der Waals surface area contributed by atoms with Gasteiger partial charge in [-0.15, -0.1) is 0 Å². The van der Waals surface area contributed by atoms with E-state index in [0.29, 0.717) is 6.54 Å². The molecule has 48 valence electrons. The van der Waals surface area contributed by atoms with Crippen LogP contribution in [0.4, 0.5) is 0 Å². The van der Waals surface area contributed by atoms with Crippen molar-refractivity contribution in [2.24, 2.45) is 11.7 Å². The molecular formula is C5H12N2O. The second kappa shape index (κ2) is 3.43. The molecule has 0 aromatic heterocycles. The molecule has 3 heteroatoms. The highest BCUT2D eigenvalue weighted by molar-refractivity contribution is 5.78. The van der Waals surface area contributed by atoms with E-state index in [1.165, 1.54) is 0 Å². The molecule has 1 atom stereocenters. The van der Waals surface area contributed by atoms with E-state index >= 15 is 0 Å². The van der Waals surface area contributed by atoms with Gasteiger partial charge >= 0.3 is 0 Å². The van der Waals surface area contributed by atoms with Gasteiger partial charge in [0.25, 0.3) is 0 Å². The summed E-state index contributed by atoms with van der Waals surface area (Å²) in [6.45, 7) is 2.21. The lowest BCUT2D eigenvalue weighted by atomic mass is 10.2. The van der Waals surface area contributed by atoms with Crippen LogP contribution in [0.15, 0.2) is 0 Å². The summed E-state index contributed by atoms with van der Waals surface area (Å²) in [5.41, 5.74) is 5.19.